The Morgan fingerprint density at radius 3 is 2.15 bits per heavy atom. The lowest BCUT2D eigenvalue weighted by atomic mass is 9.78. The molecule has 1 unspecified atom stereocenters. The van der Waals surface area contributed by atoms with E-state index in [1.54, 1.807) is 0 Å². The second-order valence-electron chi connectivity index (χ2n) is 17.8. The first kappa shape index (κ1) is 36.5. The monoisotopic (exact) mass is 789 g/mol. The van der Waals surface area contributed by atoms with Crippen molar-refractivity contribution < 1.29 is 0 Å². The van der Waals surface area contributed by atoms with E-state index in [-0.39, 0.29) is 11.3 Å². The second kappa shape index (κ2) is 14.0. The number of rotatable bonds is 5. The average molecular weight is 790 g/mol. The van der Waals surface area contributed by atoms with Crippen molar-refractivity contribution in [2.24, 2.45) is 5.92 Å². The molecule has 3 aliphatic rings. The molecule has 1 atom stereocenters. The molecule has 4 heteroatoms. The average Bonchev–Trinajstić information content (AvgIpc) is 3.52. The molecule has 0 bridgehead atoms. The summed E-state index contributed by atoms with van der Waals surface area (Å²) in [7, 11) is -1.94. The Morgan fingerprint density at radius 1 is 0.583 bits per heavy atom. The number of hydrogen-bond acceptors (Lipinski definition) is 3. The minimum atomic E-state index is -1.94. The molecule has 1 aliphatic carbocycles. The third kappa shape index (κ3) is 5.84. The molecule has 60 heavy (non-hydrogen) atoms. The summed E-state index contributed by atoms with van der Waals surface area (Å²) >= 11 is 0. The quantitative estimate of drug-likeness (QED) is 0.163. The van der Waals surface area contributed by atoms with E-state index in [0.29, 0.717) is 0 Å². The zero-order valence-electron chi connectivity index (χ0n) is 34.7. The van der Waals surface area contributed by atoms with Gasteiger partial charge in [0.05, 0.1) is 17.1 Å². The van der Waals surface area contributed by atoms with Crippen LogP contribution < -0.4 is 15.3 Å². The van der Waals surface area contributed by atoms with Crippen LogP contribution in [0.2, 0.25) is 13.1 Å². The third-order valence-corrected chi connectivity index (χ3v) is 17.1. The SMILES string of the molecule is CC(C)(c1ccccc1)c1cccc(N2C3=CC=CCC3Cc3c(-c4ccc5ccccc5c4)nc(-c4ccc5c(c4)[Si](C)(C)c4ccccc4-5)nc3-c3ccccc32)c1. The summed E-state index contributed by atoms with van der Waals surface area (Å²) in [5.41, 5.74) is 15.3. The predicted molar refractivity (Wildman–Crippen MR) is 254 cm³/mol. The van der Waals surface area contributed by atoms with Gasteiger partial charge in [0.15, 0.2) is 5.82 Å². The van der Waals surface area contributed by atoms with Crippen LogP contribution in [0.15, 0.2) is 188 Å². The van der Waals surface area contributed by atoms with Crippen molar-refractivity contribution in [3.63, 3.8) is 0 Å². The van der Waals surface area contributed by atoms with Gasteiger partial charge in [-0.05, 0) is 86.6 Å². The van der Waals surface area contributed by atoms with Gasteiger partial charge in [0, 0.05) is 45.0 Å². The fraction of sp³-hybridized carbons (Fsp3) is 0.143. The van der Waals surface area contributed by atoms with Crippen molar-refractivity contribution in [3.05, 3.63) is 204 Å². The smallest absolute Gasteiger partial charge is 0.160 e. The van der Waals surface area contributed by atoms with E-state index in [2.05, 4.69) is 214 Å². The van der Waals surface area contributed by atoms with Crippen molar-refractivity contribution in [2.75, 3.05) is 4.90 Å². The van der Waals surface area contributed by atoms with Gasteiger partial charge < -0.3 is 4.90 Å². The van der Waals surface area contributed by atoms with Crippen molar-refractivity contribution in [1.29, 1.82) is 0 Å². The fourth-order valence-electron chi connectivity index (χ4n) is 10.2. The van der Waals surface area contributed by atoms with Crippen LogP contribution in [-0.2, 0) is 11.8 Å². The molecular formula is C56H47N3Si. The van der Waals surface area contributed by atoms with E-state index in [4.69, 9.17) is 9.97 Å². The fourth-order valence-corrected chi connectivity index (χ4v) is 13.3. The van der Waals surface area contributed by atoms with E-state index >= 15 is 0 Å². The standard InChI is InChI=1S/C56H47N3Si/c1-56(2,42-20-6-5-7-21-42)43-22-16-23-44(36-43)59-49-26-13-10-19-39(49)34-48-53(40-30-29-37-17-8-9-18-38(37)33-40)57-55(58-54(48)47-25-11-14-27-50(47)59)41-31-32-46-45-24-12-15-28-51(45)60(3,4)52(46)35-41/h5-18,20-33,35-36,39H,19,34H2,1-4H3. The maximum absolute atomic E-state index is 5.70. The van der Waals surface area contributed by atoms with Crippen molar-refractivity contribution in [1.82, 2.24) is 9.97 Å². The zero-order chi connectivity index (χ0) is 40.6. The largest absolute Gasteiger partial charge is 0.313 e. The highest BCUT2D eigenvalue weighted by molar-refractivity contribution is 7.03. The van der Waals surface area contributed by atoms with Crippen LogP contribution in [0.5, 0.6) is 0 Å². The molecule has 0 saturated carbocycles. The number of nitrogens with zero attached hydrogens (tertiary/aromatic N) is 3. The summed E-state index contributed by atoms with van der Waals surface area (Å²) in [6, 6.07) is 60.4. The van der Waals surface area contributed by atoms with Gasteiger partial charge >= 0.3 is 0 Å². The van der Waals surface area contributed by atoms with Gasteiger partial charge in [-0.1, -0.05) is 179 Å². The molecule has 2 aliphatic heterocycles. The summed E-state index contributed by atoms with van der Waals surface area (Å²) in [5, 5.41) is 5.40. The molecule has 3 nitrogen and oxygen atoms in total. The van der Waals surface area contributed by atoms with Crippen LogP contribution in [0, 0.1) is 5.92 Å². The lowest BCUT2D eigenvalue weighted by Gasteiger charge is -2.38. The first-order valence-corrected chi connectivity index (χ1v) is 24.3. The Bertz CT molecular complexity index is 3060. The van der Waals surface area contributed by atoms with Crippen LogP contribution in [-0.4, -0.2) is 18.0 Å². The molecule has 0 radical (unpaired) electrons. The third-order valence-electron chi connectivity index (χ3n) is 13.5. The van der Waals surface area contributed by atoms with E-state index in [0.717, 1.165) is 58.1 Å². The predicted octanol–water partition coefficient (Wildman–Crippen LogP) is 12.9. The molecule has 290 valence electrons. The van der Waals surface area contributed by atoms with E-state index in [9.17, 15) is 0 Å². The molecule has 0 N–H and O–H groups in total. The van der Waals surface area contributed by atoms with Gasteiger partial charge in [-0.2, -0.15) is 0 Å². The number of fused-ring (bicyclic) bond motifs is 8. The normalized spacial score (nSPS) is 16.2. The van der Waals surface area contributed by atoms with Gasteiger partial charge in [0.1, 0.15) is 8.07 Å². The maximum atomic E-state index is 5.70. The first-order valence-electron chi connectivity index (χ1n) is 21.3. The Kier molecular flexibility index (Phi) is 8.51. The second-order valence-corrected chi connectivity index (χ2v) is 22.1. The molecule has 7 aromatic carbocycles. The molecule has 8 aromatic rings. The maximum Gasteiger partial charge on any atom is 0.160 e. The summed E-state index contributed by atoms with van der Waals surface area (Å²) in [6.45, 7) is 9.62. The topological polar surface area (TPSA) is 29.0 Å². The van der Waals surface area contributed by atoms with Crippen LogP contribution in [0.3, 0.4) is 0 Å². The molecule has 0 saturated heterocycles. The molecule has 0 spiro atoms. The van der Waals surface area contributed by atoms with Crippen molar-refractivity contribution >= 4 is 40.6 Å². The van der Waals surface area contributed by atoms with Gasteiger partial charge in [0.2, 0.25) is 0 Å². The lowest BCUT2D eigenvalue weighted by Crippen LogP contribution is -2.49. The highest BCUT2D eigenvalue weighted by atomic mass is 28.3. The zero-order valence-corrected chi connectivity index (χ0v) is 35.7. The highest BCUT2D eigenvalue weighted by Crippen LogP contribution is 2.48. The number of allylic oxidation sites excluding steroid dienone is 4. The molecular weight excluding hydrogens is 743 g/mol. The molecule has 3 heterocycles. The van der Waals surface area contributed by atoms with E-state index in [1.807, 2.05) is 0 Å². The van der Waals surface area contributed by atoms with Gasteiger partial charge in [-0.15, -0.1) is 0 Å². The summed E-state index contributed by atoms with van der Waals surface area (Å²) in [6.07, 6.45) is 8.65. The van der Waals surface area contributed by atoms with Gasteiger partial charge in [-0.25, -0.2) is 9.97 Å². The Hall–Kier alpha value is -6.62. The van der Waals surface area contributed by atoms with E-state index in [1.165, 1.54) is 54.7 Å². The van der Waals surface area contributed by atoms with Gasteiger partial charge in [0.25, 0.3) is 0 Å². The first-order chi connectivity index (χ1) is 29.3. The molecule has 0 amide bonds. The lowest BCUT2D eigenvalue weighted by molar-refractivity contribution is 0.597. The summed E-state index contributed by atoms with van der Waals surface area (Å²) in [4.78, 5) is 13.9. The Labute approximate surface area is 354 Å². The molecule has 0 fully saturated rings. The Balaban J connectivity index is 1.15. The van der Waals surface area contributed by atoms with Crippen molar-refractivity contribution in [2.45, 2.75) is 45.2 Å². The van der Waals surface area contributed by atoms with E-state index < -0.39 is 8.07 Å². The number of aromatic nitrogens is 2. The Morgan fingerprint density at radius 2 is 1.28 bits per heavy atom. The molecule has 1 aromatic heterocycles. The van der Waals surface area contributed by atoms with Crippen LogP contribution in [0.4, 0.5) is 11.4 Å². The molecule has 11 rings (SSSR count). The number of benzene rings is 7. The van der Waals surface area contributed by atoms with Crippen LogP contribution >= 0.6 is 0 Å². The van der Waals surface area contributed by atoms with Gasteiger partial charge in [-0.3, -0.25) is 0 Å². The minimum Gasteiger partial charge on any atom is -0.313 e. The highest BCUT2D eigenvalue weighted by Gasteiger charge is 2.38. The van der Waals surface area contributed by atoms with Crippen LogP contribution in [0.25, 0.3) is 55.8 Å². The summed E-state index contributed by atoms with van der Waals surface area (Å²) < 4.78 is 0. The number of anilines is 2. The summed E-state index contributed by atoms with van der Waals surface area (Å²) in [5.74, 6) is 0.986. The minimum absolute atomic E-state index is 0.183. The van der Waals surface area contributed by atoms with Crippen molar-refractivity contribution in [3.8, 4) is 45.0 Å². The number of para-hydroxylation sites is 1. The number of hydrogen-bond donors (Lipinski definition) is 0. The van der Waals surface area contributed by atoms with Crippen LogP contribution in [0.1, 0.15) is 37.0 Å².